The Labute approximate surface area is 114 Å². The molecule has 0 unspecified atom stereocenters. The van der Waals surface area contributed by atoms with E-state index < -0.39 is 5.97 Å². The van der Waals surface area contributed by atoms with Gasteiger partial charge in [-0.3, -0.25) is 0 Å². The SMILES string of the molecule is Cc1nnc(-n2ncc3ccccc32)c(C(=O)O)c1C. The molecule has 0 aliphatic rings. The fourth-order valence-electron chi connectivity index (χ4n) is 2.14. The molecule has 2 heterocycles. The molecule has 6 nitrogen and oxygen atoms in total. The summed E-state index contributed by atoms with van der Waals surface area (Å²) in [6.45, 7) is 3.46. The lowest BCUT2D eigenvalue weighted by atomic mass is 10.1. The van der Waals surface area contributed by atoms with Gasteiger partial charge in [-0.2, -0.15) is 10.2 Å². The third-order valence-electron chi connectivity index (χ3n) is 3.33. The van der Waals surface area contributed by atoms with Gasteiger partial charge in [0.15, 0.2) is 5.82 Å². The van der Waals surface area contributed by atoms with Gasteiger partial charge in [-0.15, -0.1) is 5.10 Å². The molecule has 0 aliphatic carbocycles. The van der Waals surface area contributed by atoms with Gasteiger partial charge in [0.05, 0.1) is 17.4 Å². The average Bonchev–Trinajstić information content (AvgIpc) is 2.85. The Morgan fingerprint density at radius 1 is 1.20 bits per heavy atom. The van der Waals surface area contributed by atoms with Crippen LogP contribution in [0, 0.1) is 13.8 Å². The van der Waals surface area contributed by atoms with Gasteiger partial charge in [0.2, 0.25) is 0 Å². The number of aromatic carboxylic acids is 1. The van der Waals surface area contributed by atoms with Crippen molar-refractivity contribution >= 4 is 16.9 Å². The normalized spacial score (nSPS) is 10.9. The van der Waals surface area contributed by atoms with E-state index in [0.717, 1.165) is 10.9 Å². The summed E-state index contributed by atoms with van der Waals surface area (Å²) in [4.78, 5) is 11.5. The molecule has 3 aromatic rings. The van der Waals surface area contributed by atoms with Crippen molar-refractivity contribution in [3.63, 3.8) is 0 Å². The minimum absolute atomic E-state index is 0.131. The van der Waals surface area contributed by atoms with Crippen LogP contribution in [-0.2, 0) is 0 Å². The number of carbonyl (C=O) groups is 1. The van der Waals surface area contributed by atoms with Crippen molar-refractivity contribution in [3.05, 3.63) is 47.3 Å². The second-order valence-electron chi connectivity index (χ2n) is 4.53. The van der Waals surface area contributed by atoms with E-state index in [1.165, 1.54) is 4.68 Å². The first-order valence-electron chi connectivity index (χ1n) is 6.10. The number of nitrogens with zero attached hydrogens (tertiary/aromatic N) is 4. The van der Waals surface area contributed by atoms with Gasteiger partial charge in [0.25, 0.3) is 0 Å². The van der Waals surface area contributed by atoms with Crippen molar-refractivity contribution in [1.82, 2.24) is 20.0 Å². The molecule has 0 saturated carbocycles. The zero-order valence-electron chi connectivity index (χ0n) is 11.0. The van der Waals surface area contributed by atoms with Gasteiger partial charge in [0.1, 0.15) is 5.56 Å². The minimum atomic E-state index is -1.03. The zero-order valence-corrected chi connectivity index (χ0v) is 11.0. The number of aromatic nitrogens is 4. The molecule has 2 aromatic heterocycles. The highest BCUT2D eigenvalue weighted by Crippen LogP contribution is 2.21. The highest BCUT2D eigenvalue weighted by atomic mass is 16.4. The van der Waals surface area contributed by atoms with E-state index in [4.69, 9.17) is 0 Å². The lowest BCUT2D eigenvalue weighted by molar-refractivity contribution is 0.0695. The van der Waals surface area contributed by atoms with E-state index in [0.29, 0.717) is 11.3 Å². The van der Waals surface area contributed by atoms with Crippen molar-refractivity contribution in [2.24, 2.45) is 0 Å². The molecule has 0 atom stereocenters. The first-order valence-corrected chi connectivity index (χ1v) is 6.10. The zero-order chi connectivity index (χ0) is 14.3. The summed E-state index contributed by atoms with van der Waals surface area (Å²) in [5.74, 6) is -0.795. The number of para-hydroxylation sites is 1. The third kappa shape index (κ3) is 1.73. The fraction of sp³-hybridized carbons (Fsp3) is 0.143. The lowest BCUT2D eigenvalue weighted by Gasteiger charge is -2.09. The lowest BCUT2D eigenvalue weighted by Crippen LogP contribution is -2.13. The molecule has 0 fully saturated rings. The summed E-state index contributed by atoms with van der Waals surface area (Å²) < 4.78 is 1.51. The quantitative estimate of drug-likeness (QED) is 0.770. The number of aryl methyl sites for hydroxylation is 1. The van der Waals surface area contributed by atoms with Crippen LogP contribution in [0.4, 0.5) is 0 Å². The highest BCUT2D eigenvalue weighted by Gasteiger charge is 2.20. The maximum absolute atomic E-state index is 11.5. The summed E-state index contributed by atoms with van der Waals surface area (Å²) in [6, 6.07) is 7.55. The largest absolute Gasteiger partial charge is 0.478 e. The summed E-state index contributed by atoms with van der Waals surface area (Å²) >= 11 is 0. The number of rotatable bonds is 2. The van der Waals surface area contributed by atoms with E-state index in [9.17, 15) is 9.90 Å². The molecule has 0 saturated heterocycles. The van der Waals surface area contributed by atoms with Crippen molar-refractivity contribution < 1.29 is 9.90 Å². The first kappa shape index (κ1) is 12.3. The Morgan fingerprint density at radius 2 is 1.95 bits per heavy atom. The molecule has 3 rings (SSSR count). The van der Waals surface area contributed by atoms with Crippen LogP contribution in [0.15, 0.2) is 30.5 Å². The van der Waals surface area contributed by atoms with Crippen LogP contribution in [-0.4, -0.2) is 31.1 Å². The van der Waals surface area contributed by atoms with Crippen LogP contribution in [0.2, 0.25) is 0 Å². The van der Waals surface area contributed by atoms with Crippen LogP contribution in [0.5, 0.6) is 0 Å². The van der Waals surface area contributed by atoms with Crippen molar-refractivity contribution in [2.45, 2.75) is 13.8 Å². The monoisotopic (exact) mass is 268 g/mol. The summed E-state index contributed by atoms with van der Waals surface area (Å²) in [6.07, 6.45) is 1.68. The van der Waals surface area contributed by atoms with E-state index in [-0.39, 0.29) is 11.4 Å². The van der Waals surface area contributed by atoms with Crippen LogP contribution >= 0.6 is 0 Å². The number of hydrogen-bond acceptors (Lipinski definition) is 4. The number of carboxylic acids is 1. The van der Waals surface area contributed by atoms with E-state index in [2.05, 4.69) is 15.3 Å². The number of fused-ring (bicyclic) bond motifs is 1. The van der Waals surface area contributed by atoms with E-state index >= 15 is 0 Å². The molecule has 100 valence electrons. The first-order chi connectivity index (χ1) is 9.59. The molecular formula is C14H12N4O2. The fourth-order valence-corrected chi connectivity index (χ4v) is 2.14. The molecule has 20 heavy (non-hydrogen) atoms. The summed E-state index contributed by atoms with van der Waals surface area (Å²) in [5.41, 5.74) is 2.13. The van der Waals surface area contributed by atoms with E-state index in [1.807, 2.05) is 24.3 Å². The topological polar surface area (TPSA) is 80.9 Å². The van der Waals surface area contributed by atoms with Crippen molar-refractivity contribution in [2.75, 3.05) is 0 Å². The van der Waals surface area contributed by atoms with Crippen LogP contribution < -0.4 is 0 Å². The maximum Gasteiger partial charge on any atom is 0.339 e. The summed E-state index contributed by atoms with van der Waals surface area (Å²) in [7, 11) is 0. The summed E-state index contributed by atoms with van der Waals surface area (Å²) in [5, 5.41) is 22.6. The predicted molar refractivity (Wildman–Crippen MR) is 73.1 cm³/mol. The molecular weight excluding hydrogens is 256 g/mol. The average molecular weight is 268 g/mol. The molecule has 0 amide bonds. The van der Waals surface area contributed by atoms with Gasteiger partial charge >= 0.3 is 5.97 Å². The Bertz CT molecular complexity index is 823. The Hall–Kier alpha value is -2.76. The minimum Gasteiger partial charge on any atom is -0.478 e. The Morgan fingerprint density at radius 3 is 2.70 bits per heavy atom. The maximum atomic E-state index is 11.5. The smallest absolute Gasteiger partial charge is 0.339 e. The molecule has 0 bridgehead atoms. The molecule has 6 heteroatoms. The van der Waals surface area contributed by atoms with Crippen molar-refractivity contribution in [3.8, 4) is 5.82 Å². The van der Waals surface area contributed by atoms with Gasteiger partial charge in [-0.25, -0.2) is 9.48 Å². The van der Waals surface area contributed by atoms with Gasteiger partial charge in [0, 0.05) is 5.39 Å². The van der Waals surface area contributed by atoms with Crippen LogP contribution in [0.1, 0.15) is 21.6 Å². The number of hydrogen-bond donors (Lipinski definition) is 1. The van der Waals surface area contributed by atoms with Crippen LogP contribution in [0.3, 0.4) is 0 Å². The Balaban J connectivity index is 2.35. The molecule has 0 radical (unpaired) electrons. The molecule has 0 spiro atoms. The number of benzene rings is 1. The van der Waals surface area contributed by atoms with Gasteiger partial charge in [-0.05, 0) is 25.5 Å². The molecule has 1 aromatic carbocycles. The van der Waals surface area contributed by atoms with E-state index in [1.54, 1.807) is 20.0 Å². The van der Waals surface area contributed by atoms with Gasteiger partial charge in [-0.1, -0.05) is 18.2 Å². The van der Waals surface area contributed by atoms with Gasteiger partial charge < -0.3 is 5.11 Å². The second-order valence-corrected chi connectivity index (χ2v) is 4.53. The van der Waals surface area contributed by atoms with Crippen LogP contribution in [0.25, 0.3) is 16.7 Å². The molecule has 0 aliphatic heterocycles. The molecule has 1 N–H and O–H groups in total. The number of carboxylic acid groups (broad SMARTS) is 1. The van der Waals surface area contributed by atoms with Crippen molar-refractivity contribution in [1.29, 1.82) is 0 Å². The highest BCUT2D eigenvalue weighted by molar-refractivity contribution is 5.94. The Kier molecular flexibility index (Phi) is 2.71. The predicted octanol–water partition coefficient (Wildman–Crippen LogP) is 2.13. The second kappa shape index (κ2) is 4.41. The third-order valence-corrected chi connectivity index (χ3v) is 3.33. The standard InChI is InChI=1S/C14H12N4O2/c1-8-9(2)16-17-13(12(8)14(19)20)18-11-6-4-3-5-10(11)7-15-18/h3-7H,1-2H3,(H,19,20).